The van der Waals surface area contributed by atoms with Crippen molar-refractivity contribution in [3.8, 4) is 5.69 Å². The molecule has 1 unspecified atom stereocenters. The van der Waals surface area contributed by atoms with Gasteiger partial charge in [0.05, 0.1) is 12.0 Å². The lowest BCUT2D eigenvalue weighted by Gasteiger charge is -2.12. The molecule has 2 N–H and O–H groups in total. The summed E-state index contributed by atoms with van der Waals surface area (Å²) < 4.78 is 15.7. The van der Waals surface area contributed by atoms with E-state index in [2.05, 4.69) is 10.3 Å². The molecule has 0 spiro atoms. The van der Waals surface area contributed by atoms with Crippen molar-refractivity contribution in [1.82, 2.24) is 14.9 Å². The van der Waals surface area contributed by atoms with Gasteiger partial charge in [-0.1, -0.05) is 36.4 Å². The largest absolute Gasteiger partial charge is 0.378 e. The number of aromatic nitrogens is 2. The van der Waals surface area contributed by atoms with Gasteiger partial charge in [-0.2, -0.15) is 0 Å². The Morgan fingerprint density at radius 2 is 2.04 bits per heavy atom. The number of hydrogen-bond acceptors (Lipinski definition) is 3. The SMILES string of the molecule is O=C(NCc1ccc(-n2ccnc2)c(F)c1)C(O)c1ccccc1. The summed E-state index contributed by atoms with van der Waals surface area (Å²) in [6.07, 6.45) is 3.48. The Bertz CT molecular complexity index is 820. The summed E-state index contributed by atoms with van der Waals surface area (Å²) in [5.74, 6) is -0.941. The first-order valence-electron chi connectivity index (χ1n) is 7.42. The molecule has 0 fully saturated rings. The van der Waals surface area contributed by atoms with Gasteiger partial charge in [-0.25, -0.2) is 9.37 Å². The maximum Gasteiger partial charge on any atom is 0.253 e. The number of nitrogens with one attached hydrogen (secondary N) is 1. The molecule has 1 heterocycles. The lowest BCUT2D eigenvalue weighted by Crippen LogP contribution is -2.28. The highest BCUT2D eigenvalue weighted by atomic mass is 19.1. The summed E-state index contributed by atoms with van der Waals surface area (Å²) in [6.45, 7) is 0.129. The predicted molar refractivity (Wildman–Crippen MR) is 86.8 cm³/mol. The Hall–Kier alpha value is -2.99. The van der Waals surface area contributed by atoms with E-state index >= 15 is 0 Å². The molecule has 1 aromatic heterocycles. The van der Waals surface area contributed by atoms with Gasteiger partial charge in [0.1, 0.15) is 5.82 Å². The highest BCUT2D eigenvalue weighted by Gasteiger charge is 2.16. The number of carbonyl (C=O) groups is 1. The van der Waals surface area contributed by atoms with Gasteiger partial charge in [0, 0.05) is 18.9 Å². The van der Waals surface area contributed by atoms with Crippen molar-refractivity contribution in [1.29, 1.82) is 0 Å². The Labute approximate surface area is 138 Å². The van der Waals surface area contributed by atoms with Crippen LogP contribution in [0.2, 0.25) is 0 Å². The van der Waals surface area contributed by atoms with E-state index in [1.807, 2.05) is 0 Å². The number of aliphatic hydroxyl groups is 1. The van der Waals surface area contributed by atoms with Crippen LogP contribution in [0, 0.1) is 5.82 Å². The minimum absolute atomic E-state index is 0.129. The van der Waals surface area contributed by atoms with Crippen LogP contribution >= 0.6 is 0 Å². The van der Waals surface area contributed by atoms with Crippen LogP contribution in [0.5, 0.6) is 0 Å². The number of benzene rings is 2. The van der Waals surface area contributed by atoms with Gasteiger partial charge in [0.2, 0.25) is 0 Å². The minimum Gasteiger partial charge on any atom is -0.378 e. The van der Waals surface area contributed by atoms with Crippen LogP contribution in [0.25, 0.3) is 5.69 Å². The number of amides is 1. The van der Waals surface area contributed by atoms with E-state index in [4.69, 9.17) is 0 Å². The molecule has 122 valence electrons. The zero-order chi connectivity index (χ0) is 16.9. The molecule has 0 aliphatic carbocycles. The first-order chi connectivity index (χ1) is 11.6. The highest BCUT2D eigenvalue weighted by Crippen LogP contribution is 2.16. The third kappa shape index (κ3) is 3.49. The molecule has 3 rings (SSSR count). The maximum atomic E-state index is 14.2. The zero-order valence-electron chi connectivity index (χ0n) is 12.8. The Morgan fingerprint density at radius 1 is 1.25 bits per heavy atom. The van der Waals surface area contributed by atoms with Crippen LogP contribution in [-0.4, -0.2) is 20.6 Å². The molecule has 0 aliphatic heterocycles. The molecule has 0 aliphatic rings. The number of nitrogens with zero attached hydrogens (tertiary/aromatic N) is 2. The third-order valence-corrected chi connectivity index (χ3v) is 3.63. The number of hydrogen-bond donors (Lipinski definition) is 2. The number of imidazole rings is 1. The highest BCUT2D eigenvalue weighted by molar-refractivity contribution is 5.81. The van der Waals surface area contributed by atoms with Crippen LogP contribution in [0.4, 0.5) is 4.39 Å². The molecular formula is C18H16FN3O2. The summed E-state index contributed by atoms with van der Waals surface area (Å²) in [4.78, 5) is 15.9. The van der Waals surface area contributed by atoms with E-state index in [9.17, 15) is 14.3 Å². The molecule has 3 aromatic rings. The average Bonchev–Trinajstić information content (AvgIpc) is 3.14. The van der Waals surface area contributed by atoms with Crippen molar-refractivity contribution in [2.24, 2.45) is 0 Å². The van der Waals surface area contributed by atoms with Crippen LogP contribution in [0.15, 0.2) is 67.3 Å². The first kappa shape index (κ1) is 15.9. The second-order valence-electron chi connectivity index (χ2n) is 5.29. The van der Waals surface area contributed by atoms with E-state index in [0.717, 1.165) is 0 Å². The van der Waals surface area contributed by atoms with Crippen molar-refractivity contribution in [2.45, 2.75) is 12.6 Å². The van der Waals surface area contributed by atoms with Crippen LogP contribution in [0.3, 0.4) is 0 Å². The third-order valence-electron chi connectivity index (χ3n) is 3.63. The van der Waals surface area contributed by atoms with Crippen molar-refractivity contribution in [2.75, 3.05) is 0 Å². The van der Waals surface area contributed by atoms with E-state index in [1.54, 1.807) is 59.4 Å². The van der Waals surface area contributed by atoms with Gasteiger partial charge < -0.3 is 15.0 Å². The van der Waals surface area contributed by atoms with Crippen LogP contribution < -0.4 is 5.32 Å². The van der Waals surface area contributed by atoms with E-state index in [-0.39, 0.29) is 6.54 Å². The number of aliphatic hydroxyl groups excluding tert-OH is 1. The van der Waals surface area contributed by atoms with Crippen LogP contribution in [0.1, 0.15) is 17.2 Å². The normalized spacial score (nSPS) is 11.9. The van der Waals surface area contributed by atoms with Gasteiger partial charge in [-0.05, 0) is 23.3 Å². The summed E-state index contributed by atoms with van der Waals surface area (Å²) in [5, 5.41) is 12.6. The second-order valence-corrected chi connectivity index (χ2v) is 5.29. The lowest BCUT2D eigenvalue weighted by atomic mass is 10.1. The number of rotatable bonds is 5. The van der Waals surface area contributed by atoms with Gasteiger partial charge >= 0.3 is 0 Å². The van der Waals surface area contributed by atoms with Gasteiger partial charge in [0.15, 0.2) is 6.10 Å². The topological polar surface area (TPSA) is 67.2 Å². The molecule has 24 heavy (non-hydrogen) atoms. The molecular weight excluding hydrogens is 309 g/mol. The maximum absolute atomic E-state index is 14.2. The molecule has 2 aromatic carbocycles. The molecule has 6 heteroatoms. The fourth-order valence-electron chi connectivity index (χ4n) is 2.34. The molecule has 1 atom stereocenters. The van der Waals surface area contributed by atoms with Crippen molar-refractivity contribution < 1.29 is 14.3 Å². The average molecular weight is 325 g/mol. The number of halogens is 1. The Kier molecular flexibility index (Phi) is 4.67. The van der Waals surface area contributed by atoms with Gasteiger partial charge in [-0.3, -0.25) is 4.79 Å². The van der Waals surface area contributed by atoms with E-state index < -0.39 is 17.8 Å². The summed E-state index contributed by atoms with van der Waals surface area (Å²) in [7, 11) is 0. The standard InChI is InChI=1S/C18H16FN3O2/c19-15-10-13(6-7-16(15)22-9-8-20-12-22)11-21-18(24)17(23)14-4-2-1-3-5-14/h1-10,12,17,23H,11H2,(H,21,24). The zero-order valence-corrected chi connectivity index (χ0v) is 12.8. The molecule has 0 saturated heterocycles. The number of carbonyl (C=O) groups excluding carboxylic acids is 1. The molecule has 5 nitrogen and oxygen atoms in total. The molecule has 0 radical (unpaired) electrons. The Balaban J connectivity index is 1.64. The minimum atomic E-state index is -1.25. The smallest absolute Gasteiger partial charge is 0.253 e. The lowest BCUT2D eigenvalue weighted by molar-refractivity contribution is -0.129. The van der Waals surface area contributed by atoms with Crippen molar-refractivity contribution in [3.05, 3.63) is 84.2 Å². The quantitative estimate of drug-likeness (QED) is 0.757. The monoisotopic (exact) mass is 325 g/mol. The molecule has 0 saturated carbocycles. The van der Waals surface area contributed by atoms with Gasteiger partial charge in [0.25, 0.3) is 5.91 Å². The molecule has 1 amide bonds. The van der Waals surface area contributed by atoms with Crippen molar-refractivity contribution >= 4 is 5.91 Å². The fourth-order valence-corrected chi connectivity index (χ4v) is 2.34. The van der Waals surface area contributed by atoms with Crippen LogP contribution in [-0.2, 0) is 11.3 Å². The van der Waals surface area contributed by atoms with Gasteiger partial charge in [-0.15, -0.1) is 0 Å². The summed E-state index contributed by atoms with van der Waals surface area (Å²) in [6, 6.07) is 13.3. The second kappa shape index (κ2) is 7.06. The predicted octanol–water partition coefficient (Wildman–Crippen LogP) is 2.36. The summed E-state index contributed by atoms with van der Waals surface area (Å²) >= 11 is 0. The van der Waals surface area contributed by atoms with E-state index in [1.165, 1.54) is 12.4 Å². The fraction of sp³-hybridized carbons (Fsp3) is 0.111. The Morgan fingerprint density at radius 3 is 2.71 bits per heavy atom. The summed E-state index contributed by atoms with van der Waals surface area (Å²) in [5.41, 5.74) is 1.49. The molecule has 0 bridgehead atoms. The first-order valence-corrected chi connectivity index (χ1v) is 7.42. The van der Waals surface area contributed by atoms with E-state index in [0.29, 0.717) is 16.8 Å². The van der Waals surface area contributed by atoms with Crippen molar-refractivity contribution in [3.63, 3.8) is 0 Å².